The first kappa shape index (κ1) is 23.4. The number of nitrogens with zero attached hydrogens (tertiary/aromatic N) is 3. The van der Waals surface area contributed by atoms with E-state index in [2.05, 4.69) is 15.5 Å². The molecule has 1 atom stereocenters. The van der Waals surface area contributed by atoms with Crippen molar-refractivity contribution in [3.63, 3.8) is 0 Å². The van der Waals surface area contributed by atoms with Crippen LogP contribution in [0.3, 0.4) is 0 Å². The number of carbonyl (C=O) groups is 4. The molecule has 2 aliphatic heterocycles. The zero-order valence-corrected chi connectivity index (χ0v) is 19.0. The van der Waals surface area contributed by atoms with E-state index in [1.807, 2.05) is 41.3 Å². The van der Waals surface area contributed by atoms with Crippen LogP contribution >= 0.6 is 0 Å². The van der Waals surface area contributed by atoms with E-state index in [0.717, 1.165) is 5.69 Å². The number of hydrogen-bond acceptors (Lipinski definition) is 5. The Morgan fingerprint density at radius 3 is 2.18 bits per heavy atom. The van der Waals surface area contributed by atoms with Gasteiger partial charge in [-0.25, -0.2) is 0 Å². The van der Waals surface area contributed by atoms with E-state index < -0.39 is 11.8 Å². The minimum Gasteiger partial charge on any atom is -0.347 e. The molecule has 34 heavy (non-hydrogen) atoms. The molecule has 178 valence electrons. The van der Waals surface area contributed by atoms with E-state index >= 15 is 0 Å². The van der Waals surface area contributed by atoms with E-state index in [-0.39, 0.29) is 24.2 Å². The maximum Gasteiger partial charge on any atom is 0.313 e. The quantitative estimate of drug-likeness (QED) is 0.621. The van der Waals surface area contributed by atoms with Gasteiger partial charge in [0.25, 0.3) is 0 Å². The van der Waals surface area contributed by atoms with E-state index in [1.54, 1.807) is 29.2 Å². The Bertz CT molecular complexity index is 1020. The molecule has 2 heterocycles. The number of benzene rings is 2. The lowest BCUT2D eigenvalue weighted by molar-refractivity contribution is -0.137. The molecular weight excluding hydrogens is 434 g/mol. The molecule has 4 amide bonds. The van der Waals surface area contributed by atoms with Gasteiger partial charge < -0.3 is 20.4 Å². The monoisotopic (exact) mass is 463 g/mol. The van der Waals surface area contributed by atoms with Crippen LogP contribution in [0.4, 0.5) is 11.4 Å². The molecule has 9 nitrogen and oxygen atoms in total. The molecule has 9 heteroatoms. The van der Waals surface area contributed by atoms with Crippen LogP contribution in [0, 0.1) is 5.92 Å². The lowest BCUT2D eigenvalue weighted by atomic mass is 10.1. The van der Waals surface area contributed by atoms with Crippen molar-refractivity contribution in [1.29, 1.82) is 0 Å². The van der Waals surface area contributed by atoms with E-state index in [1.165, 1.54) is 0 Å². The Morgan fingerprint density at radius 2 is 1.50 bits per heavy atom. The van der Waals surface area contributed by atoms with Gasteiger partial charge in [0.15, 0.2) is 0 Å². The van der Waals surface area contributed by atoms with Crippen LogP contribution in [-0.2, 0) is 19.2 Å². The molecule has 0 aliphatic carbocycles. The van der Waals surface area contributed by atoms with Gasteiger partial charge in [0, 0.05) is 63.6 Å². The summed E-state index contributed by atoms with van der Waals surface area (Å²) in [5.41, 5.74) is 1.39. The van der Waals surface area contributed by atoms with Crippen LogP contribution in [0.5, 0.6) is 0 Å². The van der Waals surface area contributed by atoms with Gasteiger partial charge in [0.05, 0.1) is 5.92 Å². The summed E-state index contributed by atoms with van der Waals surface area (Å²) >= 11 is 0. The Morgan fingerprint density at radius 1 is 0.853 bits per heavy atom. The van der Waals surface area contributed by atoms with Crippen LogP contribution in [0.2, 0.25) is 0 Å². The van der Waals surface area contributed by atoms with Crippen LogP contribution in [0.1, 0.15) is 6.42 Å². The third kappa shape index (κ3) is 5.79. The van der Waals surface area contributed by atoms with E-state index in [0.29, 0.717) is 51.5 Å². The maximum atomic E-state index is 13.0. The second-order valence-electron chi connectivity index (χ2n) is 8.48. The molecule has 1 unspecified atom stereocenters. The minimum absolute atomic E-state index is 0.0183. The van der Waals surface area contributed by atoms with Gasteiger partial charge in [-0.05, 0) is 24.3 Å². The van der Waals surface area contributed by atoms with E-state index in [4.69, 9.17) is 0 Å². The first-order valence-corrected chi connectivity index (χ1v) is 11.5. The number of amides is 4. The van der Waals surface area contributed by atoms with Gasteiger partial charge in [-0.3, -0.25) is 24.1 Å². The van der Waals surface area contributed by atoms with Gasteiger partial charge in [-0.2, -0.15) is 0 Å². The summed E-state index contributed by atoms with van der Waals surface area (Å²) in [5, 5.41) is 5.19. The lowest BCUT2D eigenvalue weighted by Crippen LogP contribution is -2.52. The topological polar surface area (TPSA) is 102 Å². The molecular formula is C25H29N5O4. The van der Waals surface area contributed by atoms with Gasteiger partial charge in [-0.1, -0.05) is 36.4 Å². The number of nitrogens with one attached hydrogen (secondary N) is 2. The maximum absolute atomic E-state index is 13.0. The van der Waals surface area contributed by atoms with Crippen molar-refractivity contribution < 1.29 is 19.2 Å². The largest absolute Gasteiger partial charge is 0.347 e. The highest BCUT2D eigenvalue weighted by molar-refractivity contribution is 6.39. The summed E-state index contributed by atoms with van der Waals surface area (Å²) in [6.07, 6.45) is 0.241. The van der Waals surface area contributed by atoms with Gasteiger partial charge in [-0.15, -0.1) is 0 Å². The average Bonchev–Trinajstić information content (AvgIpc) is 3.26. The fourth-order valence-electron chi connectivity index (χ4n) is 4.30. The zero-order chi connectivity index (χ0) is 23.9. The summed E-state index contributed by atoms with van der Waals surface area (Å²) < 4.78 is 0. The molecule has 0 bridgehead atoms. The number of rotatable bonds is 6. The molecule has 4 rings (SSSR count). The number of anilines is 2. The summed E-state index contributed by atoms with van der Waals surface area (Å²) in [4.78, 5) is 55.1. The molecule has 2 fully saturated rings. The number of carbonyl (C=O) groups excluding carboxylic acids is 4. The second-order valence-corrected chi connectivity index (χ2v) is 8.48. The average molecular weight is 464 g/mol. The molecule has 0 saturated carbocycles. The van der Waals surface area contributed by atoms with Crippen molar-refractivity contribution in [3.05, 3.63) is 60.7 Å². The Labute approximate surface area is 198 Å². The third-order valence-electron chi connectivity index (χ3n) is 6.18. The molecule has 0 radical (unpaired) electrons. The molecule has 0 aromatic heterocycles. The van der Waals surface area contributed by atoms with Crippen molar-refractivity contribution in [2.45, 2.75) is 6.42 Å². The van der Waals surface area contributed by atoms with E-state index in [9.17, 15) is 19.2 Å². The van der Waals surface area contributed by atoms with Crippen LogP contribution in [0.25, 0.3) is 0 Å². The smallest absolute Gasteiger partial charge is 0.313 e. The van der Waals surface area contributed by atoms with Crippen molar-refractivity contribution in [2.75, 3.05) is 56.0 Å². The number of para-hydroxylation sites is 2. The fourth-order valence-corrected chi connectivity index (χ4v) is 4.30. The summed E-state index contributed by atoms with van der Waals surface area (Å²) in [6.45, 7) is 3.88. The SMILES string of the molecule is O=C(NCCN1CCN(C(=O)C2CC(=O)N(c3ccccc3)C2)CC1)C(=O)Nc1ccccc1. The van der Waals surface area contributed by atoms with Gasteiger partial charge >= 0.3 is 11.8 Å². The minimum atomic E-state index is -0.697. The summed E-state index contributed by atoms with van der Waals surface area (Å²) in [7, 11) is 0. The second kappa shape index (κ2) is 10.9. The predicted octanol–water partition coefficient (Wildman–Crippen LogP) is 0.939. The normalized spacial score (nSPS) is 18.6. The molecule has 2 saturated heterocycles. The van der Waals surface area contributed by atoms with Gasteiger partial charge in [0.1, 0.15) is 0 Å². The Kier molecular flexibility index (Phi) is 7.54. The third-order valence-corrected chi connectivity index (χ3v) is 6.18. The zero-order valence-electron chi connectivity index (χ0n) is 19.0. The lowest BCUT2D eigenvalue weighted by Gasteiger charge is -2.35. The van der Waals surface area contributed by atoms with Crippen LogP contribution < -0.4 is 15.5 Å². The van der Waals surface area contributed by atoms with Crippen LogP contribution in [0.15, 0.2) is 60.7 Å². The summed E-state index contributed by atoms with van der Waals surface area (Å²) in [6, 6.07) is 18.3. The molecule has 2 aliphatic rings. The molecule has 0 spiro atoms. The fraction of sp³-hybridized carbons (Fsp3) is 0.360. The van der Waals surface area contributed by atoms with Crippen molar-refractivity contribution in [1.82, 2.24) is 15.1 Å². The standard InChI is InChI=1S/C25H29N5O4/c31-22-17-19(18-30(22)21-9-5-2-6-10-21)25(34)29-15-13-28(14-16-29)12-11-26-23(32)24(33)27-20-7-3-1-4-8-20/h1-10,19H,11-18H2,(H,26,32)(H,27,33). The van der Waals surface area contributed by atoms with Crippen molar-refractivity contribution in [3.8, 4) is 0 Å². The highest BCUT2D eigenvalue weighted by atomic mass is 16.2. The Balaban J connectivity index is 1.17. The van der Waals surface area contributed by atoms with Crippen molar-refractivity contribution in [2.24, 2.45) is 5.92 Å². The van der Waals surface area contributed by atoms with Crippen molar-refractivity contribution >= 4 is 35.0 Å². The molecule has 2 aromatic rings. The molecule has 2 N–H and O–H groups in total. The summed E-state index contributed by atoms with van der Waals surface area (Å²) in [5.74, 6) is -1.68. The first-order chi connectivity index (χ1) is 16.5. The molecule has 2 aromatic carbocycles. The predicted molar refractivity (Wildman–Crippen MR) is 128 cm³/mol. The Hall–Kier alpha value is -3.72. The first-order valence-electron chi connectivity index (χ1n) is 11.5. The van der Waals surface area contributed by atoms with Crippen LogP contribution in [-0.4, -0.2) is 79.2 Å². The number of piperazine rings is 1. The van der Waals surface area contributed by atoms with Gasteiger partial charge in [0.2, 0.25) is 11.8 Å². The highest BCUT2D eigenvalue weighted by Gasteiger charge is 2.37. The number of hydrogen-bond donors (Lipinski definition) is 2. The highest BCUT2D eigenvalue weighted by Crippen LogP contribution is 2.26.